The van der Waals surface area contributed by atoms with Gasteiger partial charge in [-0.15, -0.1) is 0 Å². The van der Waals surface area contributed by atoms with Gasteiger partial charge in [-0.25, -0.2) is 0 Å². The van der Waals surface area contributed by atoms with Crippen LogP contribution in [-0.2, 0) is 9.53 Å². The van der Waals surface area contributed by atoms with E-state index in [-0.39, 0.29) is 29.6 Å². The van der Waals surface area contributed by atoms with Gasteiger partial charge in [-0.05, 0) is 19.4 Å². The Labute approximate surface area is 110 Å². The van der Waals surface area contributed by atoms with Crippen LogP contribution in [0.1, 0.15) is 19.8 Å². The number of phenols is 1. The molecule has 0 saturated heterocycles. The summed E-state index contributed by atoms with van der Waals surface area (Å²) >= 11 is 0. The molecule has 1 amide bonds. The molecular formula is C12H16N2O5. The van der Waals surface area contributed by atoms with Gasteiger partial charge in [0.05, 0.1) is 11.0 Å². The molecule has 19 heavy (non-hydrogen) atoms. The van der Waals surface area contributed by atoms with E-state index < -0.39 is 10.8 Å². The first-order valence-corrected chi connectivity index (χ1v) is 5.74. The molecule has 0 aliphatic carbocycles. The maximum Gasteiger partial charge on any atom is 0.296 e. The van der Waals surface area contributed by atoms with Crippen molar-refractivity contribution >= 4 is 17.3 Å². The topological polar surface area (TPSA) is 102 Å². The first-order chi connectivity index (χ1) is 8.95. The molecule has 0 bridgehead atoms. The first-order valence-electron chi connectivity index (χ1n) is 5.74. The molecule has 7 heteroatoms. The quantitative estimate of drug-likeness (QED) is 0.467. The summed E-state index contributed by atoms with van der Waals surface area (Å²) in [7, 11) is 1.54. The maximum atomic E-state index is 11.7. The zero-order valence-electron chi connectivity index (χ0n) is 10.8. The summed E-state index contributed by atoms with van der Waals surface area (Å²) in [5, 5.41) is 22.7. The largest absolute Gasteiger partial charge is 0.505 e. The molecule has 0 aliphatic rings. The van der Waals surface area contributed by atoms with Crippen LogP contribution in [-0.4, -0.2) is 29.2 Å². The smallest absolute Gasteiger partial charge is 0.296 e. The summed E-state index contributed by atoms with van der Waals surface area (Å²) in [5.41, 5.74) is -0.518. The number of nitrogens with zero attached hydrogens (tertiary/aromatic N) is 1. The molecular weight excluding hydrogens is 252 g/mol. The molecule has 0 spiro atoms. The van der Waals surface area contributed by atoms with Gasteiger partial charge in [0.25, 0.3) is 5.69 Å². The van der Waals surface area contributed by atoms with Crippen molar-refractivity contribution in [2.75, 3.05) is 12.4 Å². The van der Waals surface area contributed by atoms with Crippen molar-refractivity contribution in [1.29, 1.82) is 0 Å². The molecule has 0 aliphatic heterocycles. The molecule has 0 fully saturated rings. The van der Waals surface area contributed by atoms with Gasteiger partial charge >= 0.3 is 0 Å². The molecule has 0 radical (unpaired) electrons. The summed E-state index contributed by atoms with van der Waals surface area (Å²) in [5.74, 6) is -0.740. The lowest BCUT2D eigenvalue weighted by molar-refractivity contribution is -0.384. The second-order valence-corrected chi connectivity index (χ2v) is 4.06. The van der Waals surface area contributed by atoms with Crippen LogP contribution in [0.3, 0.4) is 0 Å². The number of carbonyl (C=O) groups excluding carboxylic acids is 1. The average molecular weight is 268 g/mol. The van der Waals surface area contributed by atoms with E-state index in [1.165, 1.54) is 25.3 Å². The van der Waals surface area contributed by atoms with Gasteiger partial charge in [0.1, 0.15) is 5.75 Å². The fraction of sp³-hybridized carbons (Fsp3) is 0.417. The van der Waals surface area contributed by atoms with Gasteiger partial charge in [0.2, 0.25) is 5.91 Å². The molecule has 2 N–H and O–H groups in total. The monoisotopic (exact) mass is 268 g/mol. The van der Waals surface area contributed by atoms with Crippen molar-refractivity contribution in [1.82, 2.24) is 0 Å². The van der Waals surface area contributed by atoms with E-state index in [2.05, 4.69) is 5.32 Å². The van der Waals surface area contributed by atoms with Gasteiger partial charge in [0.15, 0.2) is 5.69 Å². The fourth-order valence-electron chi connectivity index (χ4n) is 1.46. The van der Waals surface area contributed by atoms with Crippen molar-refractivity contribution in [3.8, 4) is 5.75 Å². The van der Waals surface area contributed by atoms with Gasteiger partial charge in [-0.3, -0.25) is 14.9 Å². The number of nitro groups is 1. The van der Waals surface area contributed by atoms with E-state index in [0.717, 1.165) is 0 Å². The summed E-state index contributed by atoms with van der Waals surface area (Å²) in [6.45, 7) is 1.82. The molecule has 104 valence electrons. The highest BCUT2D eigenvalue weighted by Gasteiger charge is 2.19. The van der Waals surface area contributed by atoms with Gasteiger partial charge in [-0.1, -0.05) is 6.07 Å². The van der Waals surface area contributed by atoms with Gasteiger partial charge in [-0.2, -0.15) is 0 Å². The van der Waals surface area contributed by atoms with Gasteiger partial charge in [0, 0.05) is 19.6 Å². The Morgan fingerprint density at radius 3 is 2.84 bits per heavy atom. The number of ether oxygens (including phenoxy) is 1. The fourth-order valence-corrected chi connectivity index (χ4v) is 1.46. The van der Waals surface area contributed by atoms with Crippen LogP contribution in [0.2, 0.25) is 0 Å². The van der Waals surface area contributed by atoms with E-state index in [1.807, 2.05) is 6.92 Å². The highest BCUT2D eigenvalue weighted by molar-refractivity contribution is 5.94. The number of hydrogen-bond acceptors (Lipinski definition) is 5. The van der Waals surface area contributed by atoms with Crippen LogP contribution in [0.15, 0.2) is 18.2 Å². The Balaban J connectivity index is 2.76. The Hall–Kier alpha value is -2.15. The number of para-hydroxylation sites is 1. The summed E-state index contributed by atoms with van der Waals surface area (Å²) in [4.78, 5) is 21.8. The predicted octanol–water partition coefficient (Wildman–Crippen LogP) is 2.05. The van der Waals surface area contributed by atoms with E-state index >= 15 is 0 Å². The first kappa shape index (κ1) is 14.9. The zero-order chi connectivity index (χ0) is 14.4. The summed E-state index contributed by atoms with van der Waals surface area (Å²) < 4.78 is 5.00. The summed E-state index contributed by atoms with van der Waals surface area (Å²) in [6, 6.07) is 3.84. The highest BCUT2D eigenvalue weighted by atomic mass is 16.6. The standard InChI is InChI=1S/C12H16N2O5/c1-8(19-2)6-7-11(16)13-12-9(14(17)18)4-3-5-10(12)15/h3-5,8,15H,6-7H2,1-2H3,(H,13,16). The molecule has 1 aromatic carbocycles. The normalized spacial score (nSPS) is 11.9. The minimum Gasteiger partial charge on any atom is -0.505 e. The molecule has 0 saturated carbocycles. The number of aromatic hydroxyl groups is 1. The molecule has 0 aromatic heterocycles. The highest BCUT2D eigenvalue weighted by Crippen LogP contribution is 2.33. The average Bonchev–Trinajstić information content (AvgIpc) is 2.38. The lowest BCUT2D eigenvalue weighted by Crippen LogP contribution is -2.16. The number of phenolic OH excluding ortho intramolecular Hbond substituents is 1. The van der Waals surface area contributed by atoms with E-state index in [4.69, 9.17) is 4.74 Å². The lowest BCUT2D eigenvalue weighted by atomic mass is 10.2. The Morgan fingerprint density at radius 2 is 2.26 bits per heavy atom. The Morgan fingerprint density at radius 1 is 1.58 bits per heavy atom. The van der Waals surface area contributed by atoms with Crippen LogP contribution in [0.25, 0.3) is 0 Å². The van der Waals surface area contributed by atoms with Crippen molar-refractivity contribution in [2.24, 2.45) is 0 Å². The number of nitro benzene ring substituents is 1. The number of benzene rings is 1. The van der Waals surface area contributed by atoms with Crippen molar-refractivity contribution in [2.45, 2.75) is 25.9 Å². The Bertz CT molecular complexity index is 475. The van der Waals surface area contributed by atoms with Crippen LogP contribution in [0.5, 0.6) is 5.75 Å². The molecule has 0 heterocycles. The number of hydrogen-bond donors (Lipinski definition) is 2. The second-order valence-electron chi connectivity index (χ2n) is 4.06. The number of rotatable bonds is 6. The third-order valence-electron chi connectivity index (χ3n) is 2.66. The lowest BCUT2D eigenvalue weighted by Gasteiger charge is -2.10. The van der Waals surface area contributed by atoms with Crippen LogP contribution >= 0.6 is 0 Å². The van der Waals surface area contributed by atoms with Crippen LogP contribution in [0, 0.1) is 10.1 Å². The molecule has 1 unspecified atom stereocenters. The SMILES string of the molecule is COC(C)CCC(=O)Nc1c(O)cccc1[N+](=O)[O-]. The maximum absolute atomic E-state index is 11.7. The van der Waals surface area contributed by atoms with Crippen molar-refractivity contribution in [3.63, 3.8) is 0 Å². The van der Waals surface area contributed by atoms with Gasteiger partial charge < -0.3 is 15.2 Å². The number of carbonyl (C=O) groups is 1. The second kappa shape index (κ2) is 6.69. The molecule has 7 nitrogen and oxygen atoms in total. The number of nitrogens with one attached hydrogen (secondary N) is 1. The third-order valence-corrected chi connectivity index (χ3v) is 2.66. The van der Waals surface area contributed by atoms with Crippen LogP contribution in [0.4, 0.5) is 11.4 Å². The predicted molar refractivity (Wildman–Crippen MR) is 69.1 cm³/mol. The zero-order valence-corrected chi connectivity index (χ0v) is 10.8. The number of methoxy groups -OCH3 is 1. The van der Waals surface area contributed by atoms with Crippen molar-refractivity contribution < 1.29 is 19.6 Å². The molecule has 1 rings (SSSR count). The number of amides is 1. The number of anilines is 1. The van der Waals surface area contributed by atoms with E-state index in [0.29, 0.717) is 6.42 Å². The van der Waals surface area contributed by atoms with E-state index in [9.17, 15) is 20.0 Å². The van der Waals surface area contributed by atoms with Crippen LogP contribution < -0.4 is 5.32 Å². The van der Waals surface area contributed by atoms with E-state index in [1.54, 1.807) is 0 Å². The molecule has 1 atom stereocenters. The Kier molecular flexibility index (Phi) is 5.25. The minimum atomic E-state index is -0.660. The minimum absolute atomic E-state index is 0.0786. The third kappa shape index (κ3) is 4.22. The molecule has 1 aromatic rings. The summed E-state index contributed by atoms with van der Waals surface area (Å²) in [6.07, 6.45) is 0.564. The van der Waals surface area contributed by atoms with Crippen molar-refractivity contribution in [3.05, 3.63) is 28.3 Å².